The highest BCUT2D eigenvalue weighted by Crippen LogP contribution is 1.96. The first-order chi connectivity index (χ1) is 4.84. The third-order valence-corrected chi connectivity index (χ3v) is 1.61. The molecular weight excluding hydrogens is 146 g/mol. The molecule has 1 aromatic rings. The van der Waals surface area contributed by atoms with Gasteiger partial charge in [0, 0.05) is 4.86 Å². The number of hydrogen-bond donors (Lipinski definition) is 0. The summed E-state index contributed by atoms with van der Waals surface area (Å²) >= 11 is 4.99. The molecule has 0 saturated carbocycles. The Labute approximate surface area is 64.5 Å². The van der Waals surface area contributed by atoms with Crippen molar-refractivity contribution in [2.24, 2.45) is 0 Å². The van der Waals surface area contributed by atoms with Crippen molar-refractivity contribution in [1.82, 2.24) is 15.4 Å². The Morgan fingerprint density at radius 2 is 2.50 bits per heavy atom. The van der Waals surface area contributed by atoms with Crippen LogP contribution in [0.2, 0.25) is 0 Å². The molecule has 0 N–H and O–H groups in total. The summed E-state index contributed by atoms with van der Waals surface area (Å²) in [6.45, 7) is 1.99. The van der Waals surface area contributed by atoms with Gasteiger partial charge in [-0.1, -0.05) is 19.1 Å². The van der Waals surface area contributed by atoms with E-state index < -0.39 is 0 Å². The lowest BCUT2D eigenvalue weighted by atomic mass is 10.2. The molecule has 0 aromatic carbocycles. The minimum atomic E-state index is 0.757. The third-order valence-electron chi connectivity index (χ3n) is 1.11. The quantitative estimate of drug-likeness (QED) is 0.469. The first kappa shape index (κ1) is 7.21. The first-order valence-corrected chi connectivity index (χ1v) is 3.43. The predicted molar refractivity (Wildman–Crippen MR) is 41.8 cm³/mol. The van der Waals surface area contributed by atoms with Crippen LogP contribution in [0.5, 0.6) is 0 Å². The molecule has 10 heavy (non-hydrogen) atoms. The van der Waals surface area contributed by atoms with Crippen LogP contribution in [0.25, 0.3) is 0 Å². The topological polar surface area (TPSA) is 38.7 Å². The Hall–Kier alpha value is -0.900. The van der Waals surface area contributed by atoms with Crippen LogP contribution >= 0.6 is 12.2 Å². The van der Waals surface area contributed by atoms with Gasteiger partial charge in [-0.05, 0) is 17.7 Å². The average Bonchev–Trinajstić information content (AvgIpc) is 2.05. The number of rotatable bonds is 2. The highest BCUT2D eigenvalue weighted by molar-refractivity contribution is 7.80. The molecule has 0 amide bonds. The van der Waals surface area contributed by atoms with E-state index in [9.17, 15) is 0 Å². The van der Waals surface area contributed by atoms with Crippen molar-refractivity contribution in [1.29, 1.82) is 0 Å². The van der Waals surface area contributed by atoms with Crippen LogP contribution in [0.3, 0.4) is 0 Å². The zero-order chi connectivity index (χ0) is 7.40. The van der Waals surface area contributed by atoms with Crippen LogP contribution in [0.4, 0.5) is 0 Å². The Morgan fingerprint density at radius 1 is 1.70 bits per heavy atom. The van der Waals surface area contributed by atoms with Crippen LogP contribution < -0.4 is 0 Å². The van der Waals surface area contributed by atoms with E-state index in [0.29, 0.717) is 0 Å². The van der Waals surface area contributed by atoms with Crippen molar-refractivity contribution in [3.8, 4) is 0 Å². The molecule has 1 heterocycles. The maximum atomic E-state index is 4.99. The number of nitrogens with zero attached hydrogens (tertiary/aromatic N) is 3. The third kappa shape index (κ3) is 1.54. The minimum Gasteiger partial charge on any atom is -0.139 e. The molecule has 0 bridgehead atoms. The van der Waals surface area contributed by atoms with Crippen LogP contribution in [0.15, 0.2) is 12.3 Å². The van der Waals surface area contributed by atoms with E-state index in [1.807, 2.05) is 6.92 Å². The van der Waals surface area contributed by atoms with E-state index in [1.165, 1.54) is 0 Å². The molecule has 4 heteroatoms. The molecule has 0 aliphatic heterocycles. The highest BCUT2D eigenvalue weighted by atomic mass is 32.1. The van der Waals surface area contributed by atoms with Crippen molar-refractivity contribution in [2.75, 3.05) is 0 Å². The van der Waals surface area contributed by atoms with E-state index in [2.05, 4.69) is 15.4 Å². The van der Waals surface area contributed by atoms with Gasteiger partial charge in [-0.3, -0.25) is 0 Å². The molecule has 0 aliphatic carbocycles. The molecule has 0 aliphatic rings. The molecule has 0 fully saturated rings. The largest absolute Gasteiger partial charge is 0.139 e. The molecule has 1 aromatic heterocycles. The number of hydrogen-bond acceptors (Lipinski definition) is 4. The van der Waals surface area contributed by atoms with Gasteiger partial charge in [0.2, 0.25) is 0 Å². The molecule has 0 spiro atoms. The number of thiocarbonyl (C=S) groups is 1. The SMILES string of the molecule is CCC(=S)c1ccnnn1. The summed E-state index contributed by atoms with van der Waals surface area (Å²) in [4.78, 5) is 0.829. The molecular formula is C6H7N3S. The smallest absolute Gasteiger partial charge is 0.103 e. The highest BCUT2D eigenvalue weighted by Gasteiger charge is 1.97. The molecule has 0 unspecified atom stereocenters. The molecule has 0 saturated heterocycles. The van der Waals surface area contributed by atoms with E-state index in [-0.39, 0.29) is 0 Å². The van der Waals surface area contributed by atoms with Gasteiger partial charge in [0.25, 0.3) is 0 Å². The summed E-state index contributed by atoms with van der Waals surface area (Å²) in [5.74, 6) is 0. The Morgan fingerprint density at radius 3 is 3.00 bits per heavy atom. The van der Waals surface area contributed by atoms with Crippen molar-refractivity contribution in [3.05, 3.63) is 18.0 Å². The standard InChI is InChI=1S/C6H7N3S/c1-2-6(10)5-3-4-7-9-8-5/h3-4H,2H2,1H3. The summed E-state index contributed by atoms with van der Waals surface area (Å²) in [5, 5.41) is 10.8. The first-order valence-electron chi connectivity index (χ1n) is 3.02. The van der Waals surface area contributed by atoms with Crippen LogP contribution in [0.1, 0.15) is 19.0 Å². The average molecular weight is 153 g/mol. The van der Waals surface area contributed by atoms with Crippen LogP contribution in [-0.4, -0.2) is 20.3 Å². The van der Waals surface area contributed by atoms with Gasteiger partial charge in [0.15, 0.2) is 0 Å². The van der Waals surface area contributed by atoms with Gasteiger partial charge in [-0.15, -0.1) is 10.2 Å². The molecule has 3 nitrogen and oxygen atoms in total. The van der Waals surface area contributed by atoms with Gasteiger partial charge in [0.1, 0.15) is 5.69 Å². The van der Waals surface area contributed by atoms with Gasteiger partial charge < -0.3 is 0 Å². The van der Waals surface area contributed by atoms with Crippen LogP contribution in [0, 0.1) is 0 Å². The van der Waals surface area contributed by atoms with Gasteiger partial charge in [0.05, 0.1) is 6.20 Å². The zero-order valence-corrected chi connectivity index (χ0v) is 6.43. The fraction of sp³-hybridized carbons (Fsp3) is 0.333. The lowest BCUT2D eigenvalue weighted by molar-refractivity contribution is 0.857. The van der Waals surface area contributed by atoms with Gasteiger partial charge in [-0.25, -0.2) is 0 Å². The molecule has 0 atom stereocenters. The second kappa shape index (κ2) is 3.31. The van der Waals surface area contributed by atoms with Crippen molar-refractivity contribution in [3.63, 3.8) is 0 Å². The Kier molecular flexibility index (Phi) is 2.39. The summed E-state index contributed by atoms with van der Waals surface area (Å²) < 4.78 is 0. The van der Waals surface area contributed by atoms with Gasteiger partial charge in [-0.2, -0.15) is 0 Å². The van der Waals surface area contributed by atoms with Crippen molar-refractivity contribution >= 4 is 17.1 Å². The normalized spacial score (nSPS) is 9.30. The maximum Gasteiger partial charge on any atom is 0.103 e. The van der Waals surface area contributed by atoms with Crippen LogP contribution in [-0.2, 0) is 0 Å². The van der Waals surface area contributed by atoms with E-state index in [1.54, 1.807) is 12.3 Å². The Balaban J connectivity index is 2.85. The lowest BCUT2D eigenvalue weighted by Gasteiger charge is -1.93. The van der Waals surface area contributed by atoms with Crippen molar-refractivity contribution in [2.45, 2.75) is 13.3 Å². The second-order valence-corrected chi connectivity index (χ2v) is 2.28. The molecule has 0 radical (unpaired) electrons. The Bertz CT molecular complexity index is 222. The van der Waals surface area contributed by atoms with E-state index >= 15 is 0 Å². The summed E-state index contributed by atoms with van der Waals surface area (Å²) in [6.07, 6.45) is 2.42. The monoisotopic (exact) mass is 153 g/mol. The fourth-order valence-electron chi connectivity index (χ4n) is 0.571. The molecule has 52 valence electrons. The summed E-state index contributed by atoms with van der Waals surface area (Å²) in [6, 6.07) is 1.76. The predicted octanol–water partition coefficient (Wildman–Crippen LogP) is 1.000. The van der Waals surface area contributed by atoms with E-state index in [0.717, 1.165) is 17.0 Å². The van der Waals surface area contributed by atoms with Gasteiger partial charge >= 0.3 is 0 Å². The second-order valence-electron chi connectivity index (χ2n) is 1.78. The number of aromatic nitrogens is 3. The van der Waals surface area contributed by atoms with E-state index in [4.69, 9.17) is 12.2 Å². The maximum absolute atomic E-state index is 4.99. The zero-order valence-electron chi connectivity index (χ0n) is 5.61. The fourth-order valence-corrected chi connectivity index (χ4v) is 0.680. The minimum absolute atomic E-state index is 0.757. The summed E-state index contributed by atoms with van der Waals surface area (Å²) in [5.41, 5.74) is 0.757. The molecule has 1 rings (SSSR count). The van der Waals surface area contributed by atoms with Crippen molar-refractivity contribution < 1.29 is 0 Å². The summed E-state index contributed by atoms with van der Waals surface area (Å²) in [7, 11) is 0. The lowest BCUT2D eigenvalue weighted by Crippen LogP contribution is -2.00.